The van der Waals surface area contributed by atoms with Gasteiger partial charge in [-0.1, -0.05) is 60.5 Å². The van der Waals surface area contributed by atoms with Crippen LogP contribution < -0.4 is 14.8 Å². The Morgan fingerprint density at radius 3 is 2.64 bits per heavy atom. The summed E-state index contributed by atoms with van der Waals surface area (Å²) in [6, 6.07) is 22.9. The quantitative estimate of drug-likeness (QED) is 0.450. The van der Waals surface area contributed by atoms with E-state index in [-0.39, 0.29) is 17.6 Å². The summed E-state index contributed by atoms with van der Waals surface area (Å²) in [7, 11) is 0. The third-order valence-electron chi connectivity index (χ3n) is 6.72. The molecular formula is C28H28ClNO3. The summed E-state index contributed by atoms with van der Waals surface area (Å²) in [6.45, 7) is 0.348. The van der Waals surface area contributed by atoms with E-state index in [0.29, 0.717) is 22.9 Å². The average molecular weight is 462 g/mol. The van der Waals surface area contributed by atoms with Crippen LogP contribution in [-0.4, -0.2) is 11.5 Å². The van der Waals surface area contributed by atoms with Gasteiger partial charge in [0.15, 0.2) is 0 Å². The van der Waals surface area contributed by atoms with Gasteiger partial charge in [0, 0.05) is 28.1 Å². The fourth-order valence-corrected chi connectivity index (χ4v) is 5.18. The molecule has 2 aliphatic rings. The molecule has 1 spiro atoms. The Hall–Kier alpha value is -2.98. The Balaban J connectivity index is 1.32. The smallest absolute Gasteiger partial charge is 0.251 e. The molecule has 3 aromatic rings. The molecule has 1 amide bonds. The lowest BCUT2D eigenvalue weighted by Gasteiger charge is -2.44. The molecule has 1 heterocycles. The Kier molecular flexibility index (Phi) is 6.28. The number of halogens is 1. The molecule has 5 rings (SSSR count). The van der Waals surface area contributed by atoms with Gasteiger partial charge in [0.05, 0.1) is 6.04 Å². The second-order valence-corrected chi connectivity index (χ2v) is 9.43. The molecule has 3 aromatic carbocycles. The first kappa shape index (κ1) is 21.8. The number of rotatable bonds is 5. The van der Waals surface area contributed by atoms with E-state index >= 15 is 0 Å². The molecule has 0 bridgehead atoms. The van der Waals surface area contributed by atoms with E-state index in [9.17, 15) is 4.79 Å². The molecule has 1 aliphatic heterocycles. The number of fused-ring (bicyclic) bond motifs is 1. The van der Waals surface area contributed by atoms with E-state index in [1.165, 1.54) is 19.3 Å². The van der Waals surface area contributed by atoms with Gasteiger partial charge in [-0.2, -0.15) is 0 Å². The van der Waals surface area contributed by atoms with Crippen LogP contribution in [-0.2, 0) is 6.61 Å². The van der Waals surface area contributed by atoms with E-state index in [2.05, 4.69) is 11.4 Å². The van der Waals surface area contributed by atoms with Gasteiger partial charge in [-0.05, 0) is 56.0 Å². The molecule has 1 N–H and O–H groups in total. The SMILES string of the molecule is O=C(N[C@@H]1CC2(CCCCC2)Oc2ccccc21)c1cccc(OCc2ccccc2Cl)c1. The van der Waals surface area contributed by atoms with Crippen LogP contribution in [0.1, 0.15) is 66.1 Å². The fraction of sp³-hybridized carbons (Fsp3) is 0.321. The number of hydrogen-bond donors (Lipinski definition) is 1. The lowest BCUT2D eigenvalue weighted by atomic mass is 9.77. The van der Waals surface area contributed by atoms with Gasteiger partial charge in [-0.3, -0.25) is 4.79 Å². The molecular weight excluding hydrogens is 434 g/mol. The highest BCUT2D eigenvalue weighted by molar-refractivity contribution is 6.31. The van der Waals surface area contributed by atoms with Crippen LogP contribution in [0.4, 0.5) is 0 Å². The first-order valence-corrected chi connectivity index (χ1v) is 12.0. The highest BCUT2D eigenvalue weighted by Gasteiger charge is 2.42. The lowest BCUT2D eigenvalue weighted by molar-refractivity contribution is -0.00210. The standard InChI is InChI=1S/C28H28ClNO3/c29-24-13-4-2-9-21(24)19-32-22-11-8-10-20(17-22)27(31)30-25-18-28(15-6-1-7-16-28)33-26-14-5-3-12-23(25)26/h2-5,8-14,17,25H,1,6-7,15-16,18-19H2,(H,30,31)/t25-/m1/s1. The zero-order chi connectivity index (χ0) is 22.7. The number of carbonyl (C=O) groups excluding carboxylic acids is 1. The topological polar surface area (TPSA) is 47.6 Å². The van der Waals surface area contributed by atoms with Gasteiger partial charge in [0.2, 0.25) is 0 Å². The van der Waals surface area contributed by atoms with E-state index in [4.69, 9.17) is 21.1 Å². The van der Waals surface area contributed by atoms with Crippen molar-refractivity contribution in [3.05, 3.63) is 94.5 Å². The molecule has 0 saturated heterocycles. The molecule has 0 unspecified atom stereocenters. The summed E-state index contributed by atoms with van der Waals surface area (Å²) in [5.41, 5.74) is 2.36. The highest BCUT2D eigenvalue weighted by atomic mass is 35.5. The maximum atomic E-state index is 13.2. The van der Waals surface area contributed by atoms with Crippen LogP contribution in [0.5, 0.6) is 11.5 Å². The van der Waals surface area contributed by atoms with E-state index < -0.39 is 0 Å². The minimum atomic E-state index is -0.176. The maximum absolute atomic E-state index is 13.2. The summed E-state index contributed by atoms with van der Waals surface area (Å²) >= 11 is 6.23. The molecule has 1 aliphatic carbocycles. The molecule has 1 saturated carbocycles. The summed E-state index contributed by atoms with van der Waals surface area (Å²) in [5.74, 6) is 1.43. The number of para-hydroxylation sites is 1. The van der Waals surface area contributed by atoms with Crippen molar-refractivity contribution in [2.24, 2.45) is 0 Å². The van der Waals surface area contributed by atoms with E-state index in [1.54, 1.807) is 6.07 Å². The minimum Gasteiger partial charge on any atom is -0.489 e. The van der Waals surface area contributed by atoms with Crippen LogP contribution in [0.2, 0.25) is 5.02 Å². The maximum Gasteiger partial charge on any atom is 0.251 e. The van der Waals surface area contributed by atoms with Crippen molar-refractivity contribution in [2.75, 3.05) is 0 Å². The van der Waals surface area contributed by atoms with Gasteiger partial charge in [-0.25, -0.2) is 0 Å². The molecule has 1 fully saturated rings. The molecule has 4 nitrogen and oxygen atoms in total. The molecule has 5 heteroatoms. The third-order valence-corrected chi connectivity index (χ3v) is 7.08. The number of amides is 1. The van der Waals surface area contributed by atoms with E-state index in [0.717, 1.165) is 36.1 Å². The highest BCUT2D eigenvalue weighted by Crippen LogP contribution is 2.46. The lowest BCUT2D eigenvalue weighted by Crippen LogP contribution is -2.46. The number of ether oxygens (including phenoxy) is 2. The summed E-state index contributed by atoms with van der Waals surface area (Å²) < 4.78 is 12.4. The first-order chi connectivity index (χ1) is 16.1. The van der Waals surface area contributed by atoms with Crippen molar-refractivity contribution in [3.8, 4) is 11.5 Å². The molecule has 0 radical (unpaired) electrons. The molecule has 0 aromatic heterocycles. The summed E-state index contributed by atoms with van der Waals surface area (Å²) in [6.07, 6.45) is 6.49. The normalized spacial score (nSPS) is 18.8. The predicted molar refractivity (Wildman–Crippen MR) is 130 cm³/mol. The Labute approximate surface area is 199 Å². The second-order valence-electron chi connectivity index (χ2n) is 9.02. The zero-order valence-electron chi connectivity index (χ0n) is 18.6. The van der Waals surface area contributed by atoms with Crippen molar-refractivity contribution in [2.45, 2.75) is 56.8 Å². The van der Waals surface area contributed by atoms with Crippen molar-refractivity contribution >= 4 is 17.5 Å². The van der Waals surface area contributed by atoms with Crippen LogP contribution in [0.25, 0.3) is 0 Å². The van der Waals surface area contributed by atoms with Gasteiger partial charge >= 0.3 is 0 Å². The first-order valence-electron chi connectivity index (χ1n) is 11.7. The fourth-order valence-electron chi connectivity index (χ4n) is 4.99. The van der Waals surface area contributed by atoms with Gasteiger partial charge < -0.3 is 14.8 Å². The summed E-state index contributed by atoms with van der Waals surface area (Å²) in [4.78, 5) is 13.2. The number of hydrogen-bond acceptors (Lipinski definition) is 3. The minimum absolute atomic E-state index is 0.0757. The average Bonchev–Trinajstić information content (AvgIpc) is 2.84. The second kappa shape index (κ2) is 9.48. The number of nitrogens with one attached hydrogen (secondary N) is 1. The van der Waals surface area contributed by atoms with Crippen molar-refractivity contribution in [1.82, 2.24) is 5.32 Å². The van der Waals surface area contributed by atoms with Gasteiger partial charge in [0.1, 0.15) is 23.7 Å². The monoisotopic (exact) mass is 461 g/mol. The number of carbonyl (C=O) groups is 1. The van der Waals surface area contributed by atoms with Crippen molar-refractivity contribution in [1.29, 1.82) is 0 Å². The van der Waals surface area contributed by atoms with Crippen LogP contribution >= 0.6 is 11.6 Å². The largest absolute Gasteiger partial charge is 0.489 e. The Bertz CT molecular complexity index is 1140. The molecule has 1 atom stereocenters. The van der Waals surface area contributed by atoms with Gasteiger partial charge in [0.25, 0.3) is 5.91 Å². The summed E-state index contributed by atoms with van der Waals surface area (Å²) in [5, 5.41) is 3.95. The van der Waals surface area contributed by atoms with Crippen LogP contribution in [0, 0.1) is 0 Å². The molecule has 170 valence electrons. The van der Waals surface area contributed by atoms with Crippen molar-refractivity contribution < 1.29 is 14.3 Å². The predicted octanol–water partition coefficient (Wildman–Crippen LogP) is 6.88. The van der Waals surface area contributed by atoms with E-state index in [1.807, 2.05) is 60.7 Å². The van der Waals surface area contributed by atoms with Gasteiger partial charge in [-0.15, -0.1) is 0 Å². The van der Waals surface area contributed by atoms with Crippen LogP contribution in [0.3, 0.4) is 0 Å². The third kappa shape index (κ3) is 4.86. The van der Waals surface area contributed by atoms with Crippen molar-refractivity contribution in [3.63, 3.8) is 0 Å². The zero-order valence-corrected chi connectivity index (χ0v) is 19.3. The Morgan fingerprint density at radius 2 is 1.79 bits per heavy atom. The Morgan fingerprint density at radius 1 is 1.00 bits per heavy atom. The van der Waals surface area contributed by atoms with Crippen LogP contribution in [0.15, 0.2) is 72.8 Å². The molecule has 33 heavy (non-hydrogen) atoms. The number of benzene rings is 3.